The Morgan fingerprint density at radius 2 is 1.87 bits per heavy atom. The lowest BCUT2D eigenvalue weighted by atomic mass is 9.91. The Balaban J connectivity index is 0.000000318. The second kappa shape index (κ2) is 8.99. The van der Waals surface area contributed by atoms with Crippen LogP contribution in [0.4, 0.5) is 17.6 Å². The zero-order valence-electron chi connectivity index (χ0n) is 15.9. The Labute approximate surface area is 169 Å². The molecule has 11 heteroatoms. The maximum Gasteiger partial charge on any atom is 0.490 e. The van der Waals surface area contributed by atoms with Gasteiger partial charge in [-0.1, -0.05) is 5.16 Å². The first kappa shape index (κ1) is 22.0. The minimum Gasteiger partial charge on any atom is -0.475 e. The highest BCUT2D eigenvalue weighted by molar-refractivity contribution is 5.82. The van der Waals surface area contributed by atoms with Gasteiger partial charge in [-0.05, 0) is 44.4 Å². The van der Waals surface area contributed by atoms with E-state index >= 15 is 0 Å². The number of carbonyl (C=O) groups is 2. The van der Waals surface area contributed by atoms with Crippen molar-refractivity contribution in [2.24, 2.45) is 0 Å². The molecule has 2 N–H and O–H groups in total. The normalized spacial score (nSPS) is 20.1. The van der Waals surface area contributed by atoms with Gasteiger partial charge in [0.1, 0.15) is 5.82 Å². The molecule has 0 saturated carbocycles. The molecule has 2 aliphatic heterocycles. The second-order valence-corrected chi connectivity index (χ2v) is 7.26. The SMILES string of the molecule is O=C(C1CCCN1)N1CCC(c2noc3cc(F)ccc23)CC1.O=C(O)C(F)(F)F. The molecule has 0 bridgehead atoms. The van der Waals surface area contributed by atoms with Gasteiger partial charge in [-0.25, -0.2) is 9.18 Å². The Hall–Kier alpha value is -2.69. The molecular weight excluding hydrogens is 410 g/mol. The van der Waals surface area contributed by atoms with E-state index in [1.54, 1.807) is 6.07 Å². The third kappa shape index (κ3) is 5.07. The summed E-state index contributed by atoms with van der Waals surface area (Å²) in [7, 11) is 0. The molecular formula is C19H21F4N3O4. The summed E-state index contributed by atoms with van der Waals surface area (Å²) in [5.41, 5.74) is 1.39. The summed E-state index contributed by atoms with van der Waals surface area (Å²) >= 11 is 0. The van der Waals surface area contributed by atoms with E-state index in [1.165, 1.54) is 12.1 Å². The zero-order chi connectivity index (χ0) is 21.9. The minimum absolute atomic E-state index is 0.00223. The molecule has 0 spiro atoms. The van der Waals surface area contributed by atoms with Crippen LogP contribution < -0.4 is 5.32 Å². The van der Waals surface area contributed by atoms with E-state index in [0.717, 1.165) is 56.4 Å². The fourth-order valence-electron chi connectivity index (χ4n) is 3.71. The maximum absolute atomic E-state index is 13.2. The van der Waals surface area contributed by atoms with Gasteiger partial charge < -0.3 is 19.8 Å². The summed E-state index contributed by atoms with van der Waals surface area (Å²) in [5, 5.41) is 15.4. The zero-order valence-corrected chi connectivity index (χ0v) is 15.9. The van der Waals surface area contributed by atoms with Gasteiger partial charge >= 0.3 is 12.1 Å². The Morgan fingerprint density at radius 3 is 2.43 bits per heavy atom. The first-order valence-corrected chi connectivity index (χ1v) is 9.54. The van der Waals surface area contributed by atoms with Crippen molar-refractivity contribution in [3.8, 4) is 0 Å². The molecule has 0 aliphatic carbocycles. The van der Waals surface area contributed by atoms with Gasteiger partial charge in [-0.2, -0.15) is 13.2 Å². The molecule has 3 heterocycles. The molecule has 30 heavy (non-hydrogen) atoms. The first-order valence-electron chi connectivity index (χ1n) is 9.54. The van der Waals surface area contributed by atoms with Crippen LogP contribution in [0.2, 0.25) is 0 Å². The Kier molecular flexibility index (Phi) is 6.59. The smallest absolute Gasteiger partial charge is 0.475 e. The predicted octanol–water partition coefficient (Wildman–Crippen LogP) is 3.06. The maximum atomic E-state index is 13.2. The molecule has 164 valence electrons. The summed E-state index contributed by atoms with van der Waals surface area (Å²) in [4.78, 5) is 23.3. The average molecular weight is 431 g/mol. The van der Waals surface area contributed by atoms with Crippen molar-refractivity contribution in [2.45, 2.75) is 43.8 Å². The fraction of sp³-hybridized carbons (Fsp3) is 0.526. The monoisotopic (exact) mass is 431 g/mol. The van der Waals surface area contributed by atoms with E-state index in [9.17, 15) is 22.4 Å². The number of carboxylic acids is 1. The summed E-state index contributed by atoms with van der Waals surface area (Å²) in [6, 6.07) is 4.54. The Morgan fingerprint density at radius 1 is 1.20 bits per heavy atom. The van der Waals surface area contributed by atoms with Gasteiger partial charge in [-0.15, -0.1) is 0 Å². The van der Waals surface area contributed by atoms with Gasteiger partial charge in [0.25, 0.3) is 0 Å². The number of nitrogens with one attached hydrogen (secondary N) is 1. The van der Waals surface area contributed by atoms with E-state index in [0.29, 0.717) is 5.58 Å². The molecule has 7 nitrogen and oxygen atoms in total. The third-order valence-electron chi connectivity index (χ3n) is 5.26. The third-order valence-corrected chi connectivity index (χ3v) is 5.26. The molecule has 1 unspecified atom stereocenters. The molecule has 2 saturated heterocycles. The van der Waals surface area contributed by atoms with E-state index in [-0.39, 0.29) is 23.7 Å². The van der Waals surface area contributed by atoms with Crippen molar-refractivity contribution in [1.82, 2.24) is 15.4 Å². The van der Waals surface area contributed by atoms with Crippen LogP contribution in [-0.4, -0.2) is 58.9 Å². The number of carboxylic acid groups (broad SMARTS) is 1. The minimum atomic E-state index is -5.08. The van der Waals surface area contributed by atoms with Gasteiger partial charge in [0, 0.05) is 30.5 Å². The lowest BCUT2D eigenvalue weighted by molar-refractivity contribution is -0.192. The van der Waals surface area contributed by atoms with Gasteiger partial charge in [0.05, 0.1) is 11.7 Å². The lowest BCUT2D eigenvalue weighted by Crippen LogP contribution is -2.46. The number of aromatic nitrogens is 1. The number of hydrogen-bond acceptors (Lipinski definition) is 5. The summed E-state index contributed by atoms with van der Waals surface area (Å²) in [6.07, 6.45) is -1.32. The number of benzene rings is 1. The van der Waals surface area contributed by atoms with Crippen LogP contribution in [0, 0.1) is 5.82 Å². The van der Waals surface area contributed by atoms with Crippen LogP contribution in [-0.2, 0) is 9.59 Å². The number of piperidine rings is 1. The number of halogens is 4. The topological polar surface area (TPSA) is 95.7 Å². The number of rotatable bonds is 2. The van der Waals surface area contributed by atoms with Crippen molar-refractivity contribution in [3.63, 3.8) is 0 Å². The quantitative estimate of drug-likeness (QED) is 0.710. The van der Waals surface area contributed by atoms with Gasteiger partial charge in [0.15, 0.2) is 5.58 Å². The van der Waals surface area contributed by atoms with E-state index in [2.05, 4.69) is 10.5 Å². The lowest BCUT2D eigenvalue weighted by Gasteiger charge is -2.33. The number of nitrogens with zero attached hydrogens (tertiary/aromatic N) is 2. The van der Waals surface area contributed by atoms with Crippen molar-refractivity contribution in [1.29, 1.82) is 0 Å². The van der Waals surface area contributed by atoms with Crippen molar-refractivity contribution < 1.29 is 36.8 Å². The number of carbonyl (C=O) groups excluding carboxylic acids is 1. The molecule has 2 aromatic rings. The molecule has 0 radical (unpaired) electrons. The molecule has 1 aromatic carbocycles. The number of hydrogen-bond donors (Lipinski definition) is 2. The van der Waals surface area contributed by atoms with Crippen LogP contribution in [0.3, 0.4) is 0 Å². The van der Waals surface area contributed by atoms with Crippen LogP contribution in [0.1, 0.15) is 37.3 Å². The molecule has 1 amide bonds. The van der Waals surface area contributed by atoms with Crippen LogP contribution >= 0.6 is 0 Å². The number of amides is 1. The number of alkyl halides is 3. The highest BCUT2D eigenvalue weighted by Gasteiger charge is 2.38. The second-order valence-electron chi connectivity index (χ2n) is 7.26. The molecule has 2 aliphatic rings. The molecule has 4 rings (SSSR count). The average Bonchev–Trinajstić information content (AvgIpc) is 3.37. The highest BCUT2D eigenvalue weighted by atomic mass is 19.4. The van der Waals surface area contributed by atoms with E-state index in [4.69, 9.17) is 14.4 Å². The van der Waals surface area contributed by atoms with E-state index in [1.807, 2.05) is 4.90 Å². The number of likely N-dealkylation sites (tertiary alicyclic amines) is 1. The summed E-state index contributed by atoms with van der Waals surface area (Å²) in [5.74, 6) is -2.58. The Bertz CT molecular complexity index is 901. The van der Waals surface area contributed by atoms with Crippen LogP contribution in [0.5, 0.6) is 0 Å². The number of aliphatic carboxylic acids is 1. The number of fused-ring (bicyclic) bond motifs is 1. The van der Waals surface area contributed by atoms with Gasteiger partial charge in [-0.3, -0.25) is 4.79 Å². The van der Waals surface area contributed by atoms with Crippen LogP contribution in [0.25, 0.3) is 11.0 Å². The summed E-state index contributed by atoms with van der Waals surface area (Å²) < 4.78 is 50.2. The largest absolute Gasteiger partial charge is 0.490 e. The van der Waals surface area contributed by atoms with Crippen LogP contribution in [0.15, 0.2) is 22.7 Å². The fourth-order valence-corrected chi connectivity index (χ4v) is 3.71. The van der Waals surface area contributed by atoms with Crippen molar-refractivity contribution in [2.75, 3.05) is 19.6 Å². The first-order chi connectivity index (χ1) is 14.2. The molecule has 1 atom stereocenters. The standard InChI is InChI=1S/C17H20FN3O2.C2HF3O2/c18-12-3-4-13-15(10-12)23-20-16(13)11-5-8-21(9-6-11)17(22)14-2-1-7-19-14;3-2(4,5)1(6)7/h3-4,10-11,14,19H,1-2,5-9H2;(H,6,7). The van der Waals surface area contributed by atoms with Gasteiger partial charge in [0.2, 0.25) is 5.91 Å². The summed E-state index contributed by atoms with van der Waals surface area (Å²) in [6.45, 7) is 2.43. The predicted molar refractivity (Wildman–Crippen MR) is 97.2 cm³/mol. The van der Waals surface area contributed by atoms with Crippen molar-refractivity contribution >= 4 is 22.8 Å². The van der Waals surface area contributed by atoms with Crippen molar-refractivity contribution in [3.05, 3.63) is 29.7 Å². The molecule has 2 fully saturated rings. The highest BCUT2D eigenvalue weighted by Crippen LogP contribution is 2.33. The molecule has 1 aromatic heterocycles. The van der Waals surface area contributed by atoms with E-state index < -0.39 is 12.1 Å².